The van der Waals surface area contributed by atoms with Gasteiger partial charge >= 0.3 is 5.97 Å². The minimum atomic E-state index is -1.68. The molecule has 16 heavy (non-hydrogen) atoms. The molecule has 0 unspecified atom stereocenters. The summed E-state index contributed by atoms with van der Waals surface area (Å²) in [5.74, 6) is -4.63. The maximum Gasteiger partial charge on any atom is 0.377 e. The van der Waals surface area contributed by atoms with Crippen LogP contribution < -0.4 is 0 Å². The van der Waals surface area contributed by atoms with Crippen LogP contribution in [0.15, 0.2) is 18.3 Å². The zero-order valence-electron chi connectivity index (χ0n) is 7.75. The van der Waals surface area contributed by atoms with E-state index in [-0.39, 0.29) is 16.5 Å². The Bertz CT molecular complexity index is 603. The number of carboxylic acids is 1. The molecule has 2 N–H and O–H groups in total. The van der Waals surface area contributed by atoms with Crippen molar-refractivity contribution in [1.82, 2.24) is 4.98 Å². The molecule has 0 aliphatic carbocycles. The van der Waals surface area contributed by atoms with Gasteiger partial charge in [-0.25, -0.2) is 13.6 Å². The van der Waals surface area contributed by atoms with E-state index in [9.17, 15) is 18.4 Å². The van der Waals surface area contributed by atoms with E-state index in [1.54, 1.807) is 0 Å². The molecule has 2 rings (SSSR count). The first kappa shape index (κ1) is 10.3. The Balaban J connectivity index is 2.74. The van der Waals surface area contributed by atoms with E-state index in [1.807, 2.05) is 0 Å². The summed E-state index contributed by atoms with van der Waals surface area (Å²) in [4.78, 5) is 24.0. The molecule has 0 aliphatic heterocycles. The van der Waals surface area contributed by atoms with E-state index in [0.29, 0.717) is 6.07 Å². The van der Waals surface area contributed by atoms with Gasteiger partial charge in [-0.1, -0.05) is 0 Å². The van der Waals surface area contributed by atoms with Crippen molar-refractivity contribution in [3.8, 4) is 0 Å². The molecule has 0 saturated carbocycles. The lowest BCUT2D eigenvalue weighted by Crippen LogP contribution is -2.11. The molecule has 0 aliphatic rings. The molecule has 0 spiro atoms. The maximum absolute atomic E-state index is 13.2. The van der Waals surface area contributed by atoms with Gasteiger partial charge in [-0.15, -0.1) is 0 Å². The monoisotopic (exact) mass is 225 g/mol. The predicted octanol–water partition coefficient (Wildman–Crippen LogP) is 1.71. The zero-order valence-corrected chi connectivity index (χ0v) is 7.75. The molecule has 6 heteroatoms. The smallest absolute Gasteiger partial charge is 0.377 e. The summed E-state index contributed by atoms with van der Waals surface area (Å²) < 4.78 is 26.1. The average molecular weight is 225 g/mol. The highest BCUT2D eigenvalue weighted by Gasteiger charge is 2.20. The lowest BCUT2D eigenvalue weighted by Gasteiger charge is -1.95. The number of H-pyrrole nitrogens is 1. The third kappa shape index (κ3) is 1.44. The summed E-state index contributed by atoms with van der Waals surface area (Å²) in [7, 11) is 0. The van der Waals surface area contributed by atoms with E-state index in [1.165, 1.54) is 0 Å². The summed E-state index contributed by atoms with van der Waals surface area (Å²) in [6.45, 7) is 0. The number of halogens is 2. The Morgan fingerprint density at radius 1 is 1.25 bits per heavy atom. The van der Waals surface area contributed by atoms with Crippen molar-refractivity contribution in [3.63, 3.8) is 0 Å². The summed E-state index contributed by atoms with van der Waals surface area (Å²) in [6.07, 6.45) is 1.05. The number of carbonyl (C=O) groups is 2. The Morgan fingerprint density at radius 3 is 2.56 bits per heavy atom. The molecule has 0 fully saturated rings. The highest BCUT2D eigenvalue weighted by molar-refractivity contribution is 6.42. The van der Waals surface area contributed by atoms with E-state index in [0.717, 1.165) is 12.3 Å². The SMILES string of the molecule is O=C(O)C(=O)c1c[nH]c2c(F)cc(F)cc12. The molecule has 4 nitrogen and oxygen atoms in total. The number of aromatic amines is 1. The highest BCUT2D eigenvalue weighted by Crippen LogP contribution is 2.22. The second-order valence-corrected chi connectivity index (χ2v) is 3.15. The molecule has 1 aromatic carbocycles. The molecule has 1 aromatic heterocycles. The van der Waals surface area contributed by atoms with E-state index >= 15 is 0 Å². The van der Waals surface area contributed by atoms with Gasteiger partial charge in [0.05, 0.1) is 11.1 Å². The van der Waals surface area contributed by atoms with Crippen LogP contribution in [0.5, 0.6) is 0 Å². The molecule has 0 amide bonds. The van der Waals surface area contributed by atoms with Crippen LogP contribution in [0, 0.1) is 11.6 Å². The largest absolute Gasteiger partial charge is 0.475 e. The van der Waals surface area contributed by atoms with Gasteiger partial charge in [0.25, 0.3) is 5.78 Å². The van der Waals surface area contributed by atoms with Crippen LogP contribution in [0.2, 0.25) is 0 Å². The zero-order chi connectivity index (χ0) is 11.9. The first-order valence-electron chi connectivity index (χ1n) is 4.24. The molecular formula is C10H5F2NO3. The van der Waals surface area contributed by atoms with Gasteiger partial charge in [0, 0.05) is 17.6 Å². The van der Waals surface area contributed by atoms with Crippen molar-refractivity contribution in [3.05, 3.63) is 35.5 Å². The summed E-state index contributed by atoms with van der Waals surface area (Å²) in [6, 6.07) is 1.55. The van der Waals surface area contributed by atoms with Gasteiger partial charge < -0.3 is 10.1 Å². The van der Waals surface area contributed by atoms with Gasteiger partial charge in [-0.2, -0.15) is 0 Å². The number of benzene rings is 1. The number of aromatic nitrogens is 1. The lowest BCUT2D eigenvalue weighted by molar-refractivity contribution is -0.131. The van der Waals surface area contributed by atoms with Crippen molar-refractivity contribution in [2.45, 2.75) is 0 Å². The van der Waals surface area contributed by atoms with Crippen molar-refractivity contribution in [2.75, 3.05) is 0 Å². The summed E-state index contributed by atoms with van der Waals surface area (Å²) in [5.41, 5.74) is -0.355. The number of aliphatic carboxylic acids is 1. The molecule has 82 valence electrons. The first-order chi connectivity index (χ1) is 7.50. The Labute approximate surface area is 87.5 Å². The van der Waals surface area contributed by atoms with Crippen LogP contribution in [-0.4, -0.2) is 21.8 Å². The predicted molar refractivity (Wildman–Crippen MR) is 50.2 cm³/mol. The lowest BCUT2D eigenvalue weighted by atomic mass is 10.1. The van der Waals surface area contributed by atoms with Gasteiger partial charge in [0.1, 0.15) is 11.6 Å². The normalized spacial score (nSPS) is 10.6. The highest BCUT2D eigenvalue weighted by atomic mass is 19.1. The number of hydrogen-bond acceptors (Lipinski definition) is 2. The summed E-state index contributed by atoms with van der Waals surface area (Å²) >= 11 is 0. The van der Waals surface area contributed by atoms with E-state index in [4.69, 9.17) is 5.11 Å². The number of carboxylic acid groups (broad SMARTS) is 1. The fourth-order valence-corrected chi connectivity index (χ4v) is 1.46. The van der Waals surface area contributed by atoms with Crippen molar-refractivity contribution in [2.24, 2.45) is 0 Å². The van der Waals surface area contributed by atoms with Crippen LogP contribution >= 0.6 is 0 Å². The van der Waals surface area contributed by atoms with Gasteiger partial charge in [0.2, 0.25) is 0 Å². The Hall–Kier alpha value is -2.24. The second-order valence-electron chi connectivity index (χ2n) is 3.15. The topological polar surface area (TPSA) is 70.2 Å². The van der Waals surface area contributed by atoms with Gasteiger partial charge in [0.15, 0.2) is 0 Å². The van der Waals surface area contributed by atoms with Gasteiger partial charge in [-0.05, 0) is 6.07 Å². The van der Waals surface area contributed by atoms with Crippen molar-refractivity contribution >= 4 is 22.7 Å². The van der Waals surface area contributed by atoms with Crippen LogP contribution in [0.3, 0.4) is 0 Å². The second kappa shape index (κ2) is 3.41. The fourth-order valence-electron chi connectivity index (χ4n) is 1.46. The molecular weight excluding hydrogens is 220 g/mol. The maximum atomic E-state index is 13.2. The third-order valence-electron chi connectivity index (χ3n) is 2.14. The number of hydrogen-bond donors (Lipinski definition) is 2. The molecule has 0 atom stereocenters. The van der Waals surface area contributed by atoms with Crippen molar-refractivity contribution in [1.29, 1.82) is 0 Å². The van der Waals surface area contributed by atoms with Gasteiger partial charge in [-0.3, -0.25) is 4.79 Å². The third-order valence-corrected chi connectivity index (χ3v) is 2.14. The number of carbonyl (C=O) groups excluding carboxylic acids is 1. The van der Waals surface area contributed by atoms with Crippen LogP contribution in [0.1, 0.15) is 10.4 Å². The molecule has 0 saturated heterocycles. The minimum Gasteiger partial charge on any atom is -0.475 e. The van der Waals surface area contributed by atoms with E-state index in [2.05, 4.69) is 4.98 Å². The van der Waals surface area contributed by atoms with Crippen LogP contribution in [0.4, 0.5) is 8.78 Å². The number of ketones is 1. The number of Topliss-reactive ketones (excluding diaryl/α,β-unsaturated/α-hetero) is 1. The van der Waals surface area contributed by atoms with Crippen molar-refractivity contribution < 1.29 is 23.5 Å². The van der Waals surface area contributed by atoms with E-state index < -0.39 is 23.4 Å². The first-order valence-corrected chi connectivity index (χ1v) is 4.24. The minimum absolute atomic E-state index is 0.0788. The molecule has 2 aromatic rings. The quantitative estimate of drug-likeness (QED) is 0.603. The van der Waals surface area contributed by atoms with Crippen LogP contribution in [0.25, 0.3) is 10.9 Å². The summed E-state index contributed by atoms with van der Waals surface area (Å²) in [5, 5.41) is 8.42. The van der Waals surface area contributed by atoms with Crippen LogP contribution in [-0.2, 0) is 4.79 Å². The Kier molecular flexibility index (Phi) is 2.19. The number of nitrogens with one attached hydrogen (secondary N) is 1. The molecule has 0 radical (unpaired) electrons. The standard InChI is InChI=1S/C10H5F2NO3/c11-4-1-5-6(9(14)10(15)16)3-13-8(5)7(12)2-4/h1-3,13H,(H,15,16). The average Bonchev–Trinajstić information content (AvgIpc) is 2.60. The number of rotatable bonds is 2. The Morgan fingerprint density at radius 2 is 1.94 bits per heavy atom. The molecule has 1 heterocycles. The number of fused-ring (bicyclic) bond motifs is 1. The molecule has 0 bridgehead atoms. The fraction of sp³-hybridized carbons (Fsp3) is 0.